The summed E-state index contributed by atoms with van der Waals surface area (Å²) in [5, 5.41) is 8.24. The second-order valence-corrected chi connectivity index (χ2v) is 9.67. The molecule has 3 N–H and O–H groups in total. The van der Waals surface area contributed by atoms with Crippen molar-refractivity contribution in [3.05, 3.63) is 108 Å². The SMILES string of the molecule is CC.O=C(CNCc1ccccc1)NCCCCCN1CCCC(c2ccccc2)(c2ccccc2)C(=O)N1. The van der Waals surface area contributed by atoms with Crippen LogP contribution in [0.5, 0.6) is 0 Å². The standard InChI is InChI=1S/C31H38N4O2.C2H6/c36-29(25-32-24-26-14-5-1-6-15-26)33-21-11-4-12-22-35-23-13-20-31(30(37)34-35,27-16-7-2-8-17-27)28-18-9-3-10-19-28;1-2/h1-3,5-10,14-19,32H,4,11-13,20-25H2,(H,33,36)(H,34,37);1-2H3. The summed E-state index contributed by atoms with van der Waals surface area (Å²) in [7, 11) is 0. The highest BCUT2D eigenvalue weighted by atomic mass is 16.2. The van der Waals surface area contributed by atoms with Crippen LogP contribution in [-0.4, -0.2) is 43.0 Å². The molecule has 0 radical (unpaired) electrons. The molecule has 3 aromatic carbocycles. The topological polar surface area (TPSA) is 73.5 Å². The molecule has 1 aliphatic rings. The van der Waals surface area contributed by atoms with Crippen LogP contribution in [0.2, 0.25) is 0 Å². The van der Waals surface area contributed by atoms with Crippen molar-refractivity contribution < 1.29 is 9.59 Å². The maximum Gasteiger partial charge on any atom is 0.249 e. The molecule has 0 spiro atoms. The number of nitrogens with one attached hydrogen (secondary N) is 3. The lowest BCUT2D eigenvalue weighted by Crippen LogP contribution is -2.49. The van der Waals surface area contributed by atoms with E-state index >= 15 is 0 Å². The minimum absolute atomic E-state index is 0.0221. The minimum Gasteiger partial charge on any atom is -0.355 e. The van der Waals surface area contributed by atoms with Gasteiger partial charge in [0, 0.05) is 26.2 Å². The van der Waals surface area contributed by atoms with Crippen LogP contribution in [0.1, 0.15) is 62.6 Å². The van der Waals surface area contributed by atoms with E-state index in [0.29, 0.717) is 19.6 Å². The van der Waals surface area contributed by atoms with Crippen LogP contribution < -0.4 is 16.1 Å². The number of nitrogens with zero attached hydrogens (tertiary/aromatic N) is 1. The van der Waals surface area contributed by atoms with Gasteiger partial charge < -0.3 is 10.6 Å². The Balaban J connectivity index is 0.00000205. The Bertz CT molecular complexity index is 1070. The monoisotopic (exact) mass is 528 g/mol. The van der Waals surface area contributed by atoms with Crippen LogP contribution in [0.15, 0.2) is 91.0 Å². The van der Waals surface area contributed by atoms with Crippen molar-refractivity contribution in [2.45, 2.75) is 57.9 Å². The highest BCUT2D eigenvalue weighted by Crippen LogP contribution is 2.38. The zero-order valence-corrected chi connectivity index (χ0v) is 23.5. The fraction of sp³-hybridized carbons (Fsp3) is 0.394. The summed E-state index contributed by atoms with van der Waals surface area (Å²) in [6, 6.07) is 30.3. The summed E-state index contributed by atoms with van der Waals surface area (Å²) in [5.41, 5.74) is 5.79. The van der Waals surface area contributed by atoms with Gasteiger partial charge in [0.2, 0.25) is 11.8 Å². The van der Waals surface area contributed by atoms with Crippen LogP contribution >= 0.6 is 0 Å². The van der Waals surface area contributed by atoms with E-state index in [1.807, 2.05) is 80.6 Å². The normalized spacial score (nSPS) is 14.9. The summed E-state index contributed by atoms with van der Waals surface area (Å²) in [6.07, 6.45) is 4.57. The molecule has 1 fully saturated rings. The predicted molar refractivity (Wildman–Crippen MR) is 159 cm³/mol. The van der Waals surface area contributed by atoms with E-state index in [9.17, 15) is 9.59 Å². The predicted octanol–water partition coefficient (Wildman–Crippen LogP) is 5.20. The van der Waals surface area contributed by atoms with E-state index in [4.69, 9.17) is 0 Å². The van der Waals surface area contributed by atoms with Gasteiger partial charge >= 0.3 is 0 Å². The molecule has 39 heavy (non-hydrogen) atoms. The third-order valence-corrected chi connectivity index (χ3v) is 7.04. The van der Waals surface area contributed by atoms with Gasteiger partial charge in [-0.05, 0) is 42.4 Å². The van der Waals surface area contributed by atoms with Gasteiger partial charge in [-0.15, -0.1) is 0 Å². The molecule has 6 nitrogen and oxygen atoms in total. The van der Waals surface area contributed by atoms with Gasteiger partial charge in [-0.2, -0.15) is 0 Å². The van der Waals surface area contributed by atoms with Crippen molar-refractivity contribution in [3.8, 4) is 0 Å². The smallest absolute Gasteiger partial charge is 0.249 e. The molecule has 0 bridgehead atoms. The third-order valence-electron chi connectivity index (χ3n) is 7.04. The molecule has 1 saturated heterocycles. The molecule has 0 aromatic heterocycles. The molecular formula is C33H44N4O2. The molecule has 1 heterocycles. The van der Waals surface area contributed by atoms with Crippen molar-refractivity contribution in [2.75, 3.05) is 26.2 Å². The fourth-order valence-electron chi connectivity index (χ4n) is 5.09. The van der Waals surface area contributed by atoms with Crippen LogP contribution in [0.3, 0.4) is 0 Å². The summed E-state index contributed by atoms with van der Waals surface area (Å²) in [5.74, 6) is 0.0616. The largest absolute Gasteiger partial charge is 0.355 e. The first-order valence-corrected chi connectivity index (χ1v) is 14.4. The number of rotatable bonds is 12. The van der Waals surface area contributed by atoms with Crippen LogP contribution in [-0.2, 0) is 21.5 Å². The van der Waals surface area contributed by atoms with Crippen LogP contribution in [0, 0.1) is 0 Å². The minimum atomic E-state index is -0.684. The van der Waals surface area contributed by atoms with E-state index in [0.717, 1.165) is 56.3 Å². The Labute approximate surface area is 234 Å². The molecule has 0 saturated carbocycles. The highest BCUT2D eigenvalue weighted by Gasteiger charge is 2.43. The second kappa shape index (κ2) is 16.5. The maximum absolute atomic E-state index is 13.7. The summed E-state index contributed by atoms with van der Waals surface area (Å²) >= 11 is 0. The number of hydrogen-bond donors (Lipinski definition) is 3. The van der Waals surface area contributed by atoms with Gasteiger partial charge in [0.25, 0.3) is 0 Å². The van der Waals surface area contributed by atoms with Gasteiger partial charge in [-0.25, -0.2) is 5.01 Å². The summed E-state index contributed by atoms with van der Waals surface area (Å²) in [4.78, 5) is 25.8. The van der Waals surface area contributed by atoms with Crippen molar-refractivity contribution in [2.24, 2.45) is 0 Å². The quantitative estimate of drug-likeness (QED) is 0.283. The number of unbranched alkanes of at least 4 members (excludes halogenated alkanes) is 2. The number of carbonyl (C=O) groups is 2. The molecule has 0 aliphatic carbocycles. The molecule has 6 heteroatoms. The number of hydrogen-bond acceptors (Lipinski definition) is 4. The van der Waals surface area contributed by atoms with Crippen LogP contribution in [0.25, 0.3) is 0 Å². The third kappa shape index (κ3) is 8.77. The van der Waals surface area contributed by atoms with Gasteiger partial charge in [-0.3, -0.25) is 15.0 Å². The molecule has 0 unspecified atom stereocenters. The van der Waals surface area contributed by atoms with Crippen LogP contribution in [0.4, 0.5) is 0 Å². The Morgan fingerprint density at radius 3 is 2.05 bits per heavy atom. The van der Waals surface area contributed by atoms with E-state index in [2.05, 4.69) is 45.3 Å². The van der Waals surface area contributed by atoms with Gasteiger partial charge in [0.05, 0.1) is 6.54 Å². The van der Waals surface area contributed by atoms with Crippen molar-refractivity contribution in [1.82, 2.24) is 21.1 Å². The van der Waals surface area contributed by atoms with E-state index in [1.54, 1.807) is 0 Å². The van der Waals surface area contributed by atoms with Gasteiger partial charge in [0.1, 0.15) is 5.41 Å². The van der Waals surface area contributed by atoms with E-state index in [-0.39, 0.29) is 11.8 Å². The van der Waals surface area contributed by atoms with Gasteiger partial charge in [0.15, 0.2) is 0 Å². The number of benzene rings is 3. The van der Waals surface area contributed by atoms with Crippen molar-refractivity contribution in [3.63, 3.8) is 0 Å². The summed E-state index contributed by atoms with van der Waals surface area (Å²) < 4.78 is 0. The Kier molecular flexibility index (Phi) is 12.7. The first-order valence-electron chi connectivity index (χ1n) is 14.4. The first kappa shape index (κ1) is 30.1. The lowest BCUT2D eigenvalue weighted by Gasteiger charge is -2.32. The number of carbonyl (C=O) groups excluding carboxylic acids is 2. The van der Waals surface area contributed by atoms with Crippen molar-refractivity contribution >= 4 is 11.8 Å². The fourth-order valence-corrected chi connectivity index (χ4v) is 5.09. The Morgan fingerprint density at radius 2 is 1.44 bits per heavy atom. The van der Waals surface area contributed by atoms with E-state index < -0.39 is 5.41 Å². The average Bonchev–Trinajstić information content (AvgIpc) is 3.16. The first-order chi connectivity index (χ1) is 19.2. The Hall–Kier alpha value is -3.48. The van der Waals surface area contributed by atoms with Gasteiger partial charge in [-0.1, -0.05) is 111 Å². The highest BCUT2D eigenvalue weighted by molar-refractivity contribution is 5.92. The lowest BCUT2D eigenvalue weighted by atomic mass is 9.71. The van der Waals surface area contributed by atoms with Crippen molar-refractivity contribution in [1.29, 1.82) is 0 Å². The molecule has 208 valence electrons. The molecular weight excluding hydrogens is 484 g/mol. The average molecular weight is 529 g/mol. The molecule has 3 aromatic rings. The molecule has 0 atom stereocenters. The molecule has 4 rings (SSSR count). The van der Waals surface area contributed by atoms with E-state index in [1.165, 1.54) is 5.56 Å². The maximum atomic E-state index is 13.7. The Morgan fingerprint density at radius 1 is 0.846 bits per heavy atom. The number of amides is 2. The second-order valence-electron chi connectivity index (χ2n) is 9.67. The lowest BCUT2D eigenvalue weighted by molar-refractivity contribution is -0.129. The molecule has 2 amide bonds. The zero-order valence-electron chi connectivity index (χ0n) is 23.5. The summed E-state index contributed by atoms with van der Waals surface area (Å²) in [6.45, 7) is 7.31. The molecule has 1 aliphatic heterocycles. The number of hydrazine groups is 1. The zero-order chi connectivity index (χ0) is 27.8.